The number of carbonyl (C=O) groups is 1. The van der Waals surface area contributed by atoms with Crippen LogP contribution in [-0.4, -0.2) is 48.1 Å². The van der Waals surface area contributed by atoms with Crippen molar-refractivity contribution in [1.82, 2.24) is 9.88 Å². The average molecular weight is 378 g/mol. The summed E-state index contributed by atoms with van der Waals surface area (Å²) in [4.78, 5) is 18.3. The number of aromatic nitrogens is 1. The number of hydrogen-bond donors (Lipinski definition) is 3. The van der Waals surface area contributed by atoms with Gasteiger partial charge in [0.2, 0.25) is 5.91 Å². The van der Waals surface area contributed by atoms with E-state index in [1.165, 1.54) is 0 Å². The van der Waals surface area contributed by atoms with Gasteiger partial charge < -0.3 is 20.8 Å². The van der Waals surface area contributed by atoms with Gasteiger partial charge in [-0.15, -0.1) is 0 Å². The van der Waals surface area contributed by atoms with Crippen molar-refractivity contribution in [1.29, 1.82) is 0 Å². The highest BCUT2D eigenvalue weighted by molar-refractivity contribution is 5.96. The zero-order valence-electron chi connectivity index (χ0n) is 15.9. The third-order valence-corrected chi connectivity index (χ3v) is 5.22. The van der Waals surface area contributed by atoms with Crippen molar-refractivity contribution in [3.8, 4) is 0 Å². The number of morpholine rings is 1. The number of fused-ring (bicyclic) bond motifs is 1. The number of aromatic amines is 1. The molecule has 6 nitrogen and oxygen atoms in total. The molecule has 28 heavy (non-hydrogen) atoms. The van der Waals surface area contributed by atoms with Crippen LogP contribution in [0.3, 0.4) is 0 Å². The van der Waals surface area contributed by atoms with Crippen LogP contribution in [0, 0.1) is 0 Å². The molecule has 146 valence electrons. The number of nitrogens with one attached hydrogen (secondary N) is 2. The molecule has 1 aliphatic heterocycles. The van der Waals surface area contributed by atoms with Crippen molar-refractivity contribution in [2.24, 2.45) is 5.73 Å². The second kappa shape index (κ2) is 8.56. The number of anilines is 1. The summed E-state index contributed by atoms with van der Waals surface area (Å²) in [6.07, 6.45) is 2.42. The van der Waals surface area contributed by atoms with Crippen LogP contribution in [0.2, 0.25) is 0 Å². The van der Waals surface area contributed by atoms with Crippen molar-refractivity contribution < 1.29 is 9.53 Å². The Morgan fingerprint density at radius 1 is 1.11 bits per heavy atom. The predicted molar refractivity (Wildman–Crippen MR) is 111 cm³/mol. The molecule has 6 heteroatoms. The Morgan fingerprint density at radius 3 is 2.71 bits per heavy atom. The van der Waals surface area contributed by atoms with Gasteiger partial charge in [-0.25, -0.2) is 0 Å². The lowest BCUT2D eigenvalue weighted by Gasteiger charge is -2.27. The Morgan fingerprint density at radius 2 is 1.86 bits per heavy atom. The molecule has 0 radical (unpaired) electrons. The van der Waals surface area contributed by atoms with Gasteiger partial charge in [-0.3, -0.25) is 9.69 Å². The Labute approximate surface area is 164 Å². The molecule has 1 fully saturated rings. The summed E-state index contributed by atoms with van der Waals surface area (Å²) < 4.78 is 5.41. The van der Waals surface area contributed by atoms with Crippen molar-refractivity contribution in [2.75, 3.05) is 31.6 Å². The number of ether oxygens (including phenoxy) is 1. The lowest BCUT2D eigenvalue weighted by Crippen LogP contribution is -2.38. The normalized spacial score (nSPS) is 16.2. The van der Waals surface area contributed by atoms with E-state index in [0.717, 1.165) is 60.6 Å². The minimum atomic E-state index is -0.615. The number of nitrogens with zero attached hydrogens (tertiary/aromatic N) is 1. The summed E-state index contributed by atoms with van der Waals surface area (Å²) in [5, 5.41) is 4.14. The first-order valence-corrected chi connectivity index (χ1v) is 9.70. The van der Waals surface area contributed by atoms with Gasteiger partial charge in [-0.1, -0.05) is 36.4 Å². The minimum Gasteiger partial charge on any atom is -0.379 e. The summed E-state index contributed by atoms with van der Waals surface area (Å²) in [6, 6.07) is 15.3. The molecule has 2 heterocycles. The number of para-hydroxylation sites is 2. The van der Waals surface area contributed by atoms with Gasteiger partial charge >= 0.3 is 0 Å². The van der Waals surface area contributed by atoms with Crippen LogP contribution >= 0.6 is 0 Å². The van der Waals surface area contributed by atoms with Crippen molar-refractivity contribution in [2.45, 2.75) is 19.0 Å². The quantitative estimate of drug-likeness (QED) is 0.615. The van der Waals surface area contributed by atoms with Crippen LogP contribution < -0.4 is 11.1 Å². The molecular weight excluding hydrogens is 352 g/mol. The average Bonchev–Trinajstić information content (AvgIpc) is 3.13. The lowest BCUT2D eigenvalue weighted by molar-refractivity contribution is -0.117. The van der Waals surface area contributed by atoms with E-state index < -0.39 is 6.04 Å². The molecular formula is C22H26N4O2. The zero-order valence-corrected chi connectivity index (χ0v) is 15.9. The number of hydrogen-bond acceptors (Lipinski definition) is 4. The van der Waals surface area contributed by atoms with E-state index in [4.69, 9.17) is 10.5 Å². The maximum absolute atomic E-state index is 12.7. The van der Waals surface area contributed by atoms with Crippen LogP contribution in [0.4, 0.5) is 5.69 Å². The number of amides is 1. The maximum atomic E-state index is 12.7. The molecule has 0 saturated carbocycles. The molecule has 0 bridgehead atoms. The predicted octanol–water partition coefficient (Wildman–Crippen LogP) is 2.51. The van der Waals surface area contributed by atoms with Crippen molar-refractivity contribution in [3.05, 3.63) is 65.9 Å². The van der Waals surface area contributed by atoms with E-state index in [2.05, 4.69) is 21.3 Å². The topological polar surface area (TPSA) is 83.4 Å². The van der Waals surface area contributed by atoms with Gasteiger partial charge in [0, 0.05) is 42.4 Å². The first kappa shape index (κ1) is 18.7. The molecule has 1 atom stereocenters. The molecule has 1 aromatic heterocycles. The Hall–Kier alpha value is -2.67. The molecule has 2 aromatic carbocycles. The Bertz CT molecular complexity index is 946. The molecule has 0 aliphatic carbocycles. The van der Waals surface area contributed by atoms with E-state index in [1.807, 2.05) is 48.7 Å². The highest BCUT2D eigenvalue weighted by Crippen LogP contribution is 2.21. The molecule has 1 amide bonds. The largest absolute Gasteiger partial charge is 0.379 e. The number of H-pyrrole nitrogens is 1. The molecule has 3 aromatic rings. The monoisotopic (exact) mass is 378 g/mol. The summed E-state index contributed by atoms with van der Waals surface area (Å²) >= 11 is 0. The Kier molecular flexibility index (Phi) is 5.71. The summed E-state index contributed by atoms with van der Waals surface area (Å²) in [5.41, 5.74) is 10.3. The van der Waals surface area contributed by atoms with E-state index in [9.17, 15) is 4.79 Å². The van der Waals surface area contributed by atoms with Gasteiger partial charge in [0.15, 0.2) is 0 Å². The third kappa shape index (κ3) is 4.25. The fourth-order valence-corrected chi connectivity index (χ4v) is 3.64. The maximum Gasteiger partial charge on any atom is 0.241 e. The zero-order chi connectivity index (χ0) is 19.3. The molecule has 0 spiro atoms. The highest BCUT2D eigenvalue weighted by Gasteiger charge is 2.18. The second-order valence-corrected chi connectivity index (χ2v) is 7.21. The lowest BCUT2D eigenvalue weighted by atomic mass is 10.0. The SMILES string of the molecule is N[C@@H](Cc1c[nH]c2ccccc12)C(=O)Nc1ccccc1CN1CCOCC1. The fourth-order valence-electron chi connectivity index (χ4n) is 3.64. The van der Waals surface area contributed by atoms with Gasteiger partial charge in [-0.2, -0.15) is 0 Å². The van der Waals surface area contributed by atoms with E-state index in [-0.39, 0.29) is 5.91 Å². The van der Waals surface area contributed by atoms with E-state index in [0.29, 0.717) is 6.42 Å². The second-order valence-electron chi connectivity index (χ2n) is 7.21. The van der Waals surface area contributed by atoms with Gasteiger partial charge in [0.25, 0.3) is 0 Å². The minimum absolute atomic E-state index is 0.167. The van der Waals surface area contributed by atoms with E-state index >= 15 is 0 Å². The van der Waals surface area contributed by atoms with Crippen LogP contribution in [0.1, 0.15) is 11.1 Å². The third-order valence-electron chi connectivity index (χ3n) is 5.22. The molecule has 1 saturated heterocycles. The fraction of sp³-hybridized carbons (Fsp3) is 0.318. The Balaban J connectivity index is 1.43. The standard InChI is InChI=1S/C22H26N4O2/c23-19(13-17-14-24-21-8-4-2-6-18(17)21)22(27)25-20-7-3-1-5-16(20)15-26-9-11-28-12-10-26/h1-8,14,19,24H,9-13,15,23H2,(H,25,27)/t19-/m0/s1. The van der Waals surface area contributed by atoms with Crippen LogP contribution in [0.5, 0.6) is 0 Å². The van der Waals surface area contributed by atoms with Crippen molar-refractivity contribution >= 4 is 22.5 Å². The number of nitrogens with two attached hydrogens (primary N) is 1. The first-order valence-electron chi connectivity index (χ1n) is 9.70. The molecule has 0 unspecified atom stereocenters. The first-order chi connectivity index (χ1) is 13.7. The van der Waals surface area contributed by atoms with Crippen LogP contribution in [0.15, 0.2) is 54.7 Å². The van der Waals surface area contributed by atoms with Crippen LogP contribution in [0.25, 0.3) is 10.9 Å². The molecule has 4 N–H and O–H groups in total. The summed E-state index contributed by atoms with van der Waals surface area (Å²) in [5.74, 6) is -0.167. The highest BCUT2D eigenvalue weighted by atomic mass is 16.5. The summed E-state index contributed by atoms with van der Waals surface area (Å²) in [7, 11) is 0. The van der Waals surface area contributed by atoms with Crippen LogP contribution in [-0.2, 0) is 22.5 Å². The number of rotatable bonds is 6. The van der Waals surface area contributed by atoms with Crippen molar-refractivity contribution in [3.63, 3.8) is 0 Å². The smallest absolute Gasteiger partial charge is 0.241 e. The molecule has 1 aliphatic rings. The molecule has 4 rings (SSSR count). The summed E-state index contributed by atoms with van der Waals surface area (Å²) in [6.45, 7) is 4.11. The van der Waals surface area contributed by atoms with E-state index in [1.54, 1.807) is 0 Å². The van der Waals surface area contributed by atoms with Gasteiger partial charge in [-0.05, 0) is 29.7 Å². The van der Waals surface area contributed by atoms with Gasteiger partial charge in [0.05, 0.1) is 19.3 Å². The number of carbonyl (C=O) groups excluding carboxylic acids is 1. The van der Waals surface area contributed by atoms with Gasteiger partial charge in [0.1, 0.15) is 0 Å². The number of benzene rings is 2.